The summed E-state index contributed by atoms with van der Waals surface area (Å²) in [6, 6.07) is 5.69. The number of aromatic amines is 3. The number of methoxy groups -OCH3 is 1. The molecule has 172 valence electrons. The Morgan fingerprint density at radius 1 is 1.22 bits per heavy atom. The van der Waals surface area contributed by atoms with Crippen LogP contribution in [0, 0.1) is 6.92 Å². The van der Waals surface area contributed by atoms with E-state index in [9.17, 15) is 9.59 Å². The standard InChI is InChI=1S/C24H31BrN4O3/c1-4-16(30)8-6-5-7-9-21(24-26-14-22(25)29-24)28-23(31)13-18-15(2)27-20-11-10-17(32-3)12-19(18)20/h10-12,14,21,27H,4-9,13H2,1-3H3,(H,26,29)(H,28,31)/p+1/t21-/m0/s1. The van der Waals surface area contributed by atoms with Crippen molar-refractivity contribution in [2.45, 2.75) is 64.8 Å². The van der Waals surface area contributed by atoms with Crippen LogP contribution < -0.4 is 15.0 Å². The molecule has 7 nitrogen and oxygen atoms in total. The fourth-order valence-corrected chi connectivity index (χ4v) is 4.29. The lowest BCUT2D eigenvalue weighted by molar-refractivity contribution is -0.392. The molecule has 0 fully saturated rings. The van der Waals surface area contributed by atoms with E-state index in [1.165, 1.54) is 0 Å². The number of hydrogen-bond donors (Lipinski definition) is 3. The highest BCUT2D eigenvalue weighted by atomic mass is 79.9. The number of H-pyrrole nitrogens is 3. The van der Waals surface area contributed by atoms with E-state index in [1.807, 2.05) is 38.2 Å². The molecule has 0 saturated carbocycles. The van der Waals surface area contributed by atoms with Gasteiger partial charge in [0.15, 0.2) is 0 Å². The smallest absolute Gasteiger partial charge is 0.275 e. The predicted octanol–water partition coefficient (Wildman–Crippen LogP) is 4.72. The first-order chi connectivity index (χ1) is 15.4. The van der Waals surface area contributed by atoms with E-state index in [0.717, 1.165) is 64.0 Å². The molecule has 1 atom stereocenters. The molecule has 0 aliphatic heterocycles. The second-order valence-corrected chi connectivity index (χ2v) is 8.96. The van der Waals surface area contributed by atoms with E-state index >= 15 is 0 Å². The monoisotopic (exact) mass is 503 g/mol. The van der Waals surface area contributed by atoms with Gasteiger partial charge in [-0.15, -0.1) is 0 Å². The molecule has 0 bridgehead atoms. The van der Waals surface area contributed by atoms with E-state index in [1.54, 1.807) is 7.11 Å². The number of rotatable bonds is 12. The third kappa shape index (κ3) is 6.22. The van der Waals surface area contributed by atoms with Crippen molar-refractivity contribution in [1.29, 1.82) is 0 Å². The highest BCUT2D eigenvalue weighted by molar-refractivity contribution is 9.10. The molecule has 1 amide bonds. The van der Waals surface area contributed by atoms with Crippen molar-refractivity contribution in [3.63, 3.8) is 0 Å². The number of carbonyl (C=O) groups excluding carboxylic acids is 2. The van der Waals surface area contributed by atoms with E-state index in [-0.39, 0.29) is 18.4 Å². The first-order valence-electron chi connectivity index (χ1n) is 11.1. The van der Waals surface area contributed by atoms with Crippen molar-refractivity contribution in [2.24, 2.45) is 0 Å². The van der Waals surface area contributed by atoms with Gasteiger partial charge in [-0.05, 0) is 43.5 Å². The molecule has 1 aromatic carbocycles. The number of halogens is 1. The summed E-state index contributed by atoms with van der Waals surface area (Å²) in [6.07, 6.45) is 6.91. The number of amides is 1. The van der Waals surface area contributed by atoms with Gasteiger partial charge in [0.2, 0.25) is 10.5 Å². The van der Waals surface area contributed by atoms with Crippen LogP contribution in [0.25, 0.3) is 10.9 Å². The van der Waals surface area contributed by atoms with Crippen molar-refractivity contribution in [3.05, 3.63) is 46.1 Å². The number of imidazole rings is 1. The molecular formula is C24H32BrN4O3+. The number of ether oxygens (including phenoxy) is 1. The molecule has 0 spiro atoms. The minimum absolute atomic E-state index is 0.0397. The van der Waals surface area contributed by atoms with Crippen LogP contribution in [0.15, 0.2) is 29.0 Å². The van der Waals surface area contributed by atoms with Gasteiger partial charge in [-0.3, -0.25) is 9.59 Å². The largest absolute Gasteiger partial charge is 0.497 e. The molecule has 0 aliphatic rings. The average Bonchev–Trinajstić information content (AvgIpc) is 3.35. The molecule has 0 saturated heterocycles. The fourth-order valence-electron chi connectivity index (χ4n) is 3.96. The summed E-state index contributed by atoms with van der Waals surface area (Å²) in [5, 5.41) is 4.19. The van der Waals surface area contributed by atoms with Crippen LogP contribution in [-0.2, 0) is 16.0 Å². The molecule has 0 aliphatic carbocycles. The normalized spacial score (nSPS) is 12.1. The lowest BCUT2D eigenvalue weighted by Gasteiger charge is -2.14. The van der Waals surface area contributed by atoms with Gasteiger partial charge in [0, 0.05) is 45.4 Å². The van der Waals surface area contributed by atoms with Crippen molar-refractivity contribution in [1.82, 2.24) is 15.3 Å². The summed E-state index contributed by atoms with van der Waals surface area (Å²) in [6.45, 7) is 3.89. The maximum Gasteiger partial charge on any atom is 0.275 e. The van der Waals surface area contributed by atoms with Gasteiger partial charge in [0.05, 0.1) is 13.5 Å². The first kappa shape index (κ1) is 24.0. The minimum Gasteiger partial charge on any atom is -0.497 e. The molecule has 32 heavy (non-hydrogen) atoms. The summed E-state index contributed by atoms with van der Waals surface area (Å²) in [7, 11) is 1.64. The zero-order chi connectivity index (χ0) is 23.1. The van der Waals surface area contributed by atoms with Crippen LogP contribution in [0.5, 0.6) is 5.75 Å². The van der Waals surface area contributed by atoms with Crippen LogP contribution in [0.3, 0.4) is 0 Å². The second-order valence-electron chi connectivity index (χ2n) is 8.10. The number of ketones is 1. The third-order valence-corrected chi connectivity index (χ3v) is 6.23. The molecule has 3 aromatic rings. The van der Waals surface area contributed by atoms with E-state index < -0.39 is 0 Å². The maximum atomic E-state index is 13.0. The second kappa shape index (κ2) is 11.3. The Bertz CT molecular complexity index is 1070. The Hall–Kier alpha value is -2.61. The van der Waals surface area contributed by atoms with Gasteiger partial charge >= 0.3 is 0 Å². The zero-order valence-corrected chi connectivity index (χ0v) is 20.5. The van der Waals surface area contributed by atoms with Crippen molar-refractivity contribution >= 4 is 38.5 Å². The third-order valence-electron chi connectivity index (χ3n) is 5.80. The molecular weight excluding hydrogens is 472 g/mol. The molecule has 8 heteroatoms. The highest BCUT2D eigenvalue weighted by Crippen LogP contribution is 2.27. The van der Waals surface area contributed by atoms with Gasteiger partial charge in [-0.2, -0.15) is 0 Å². The predicted molar refractivity (Wildman–Crippen MR) is 128 cm³/mol. The lowest BCUT2D eigenvalue weighted by atomic mass is 10.0. The van der Waals surface area contributed by atoms with Gasteiger partial charge in [0.25, 0.3) is 5.82 Å². The first-order valence-corrected chi connectivity index (χ1v) is 11.9. The number of unbranched alkanes of at least 4 members (excludes halogenated alkanes) is 2. The summed E-state index contributed by atoms with van der Waals surface area (Å²) in [5.41, 5.74) is 2.95. The SMILES string of the molecule is CCC(=O)CCCCC[C@H](NC(=O)Cc1c(C)[nH]c2ccc(OC)cc12)c1[nH]c(Br)c[nH+]1. The fraction of sp³-hybridized carbons (Fsp3) is 0.458. The van der Waals surface area contributed by atoms with Crippen LogP contribution in [0.4, 0.5) is 0 Å². The zero-order valence-electron chi connectivity index (χ0n) is 18.9. The molecule has 4 N–H and O–H groups in total. The number of benzene rings is 1. The Balaban J connectivity index is 1.66. The van der Waals surface area contributed by atoms with E-state index in [2.05, 4.69) is 36.2 Å². The lowest BCUT2D eigenvalue weighted by Crippen LogP contribution is -2.33. The van der Waals surface area contributed by atoms with Gasteiger partial charge in [0.1, 0.15) is 23.8 Å². The Morgan fingerprint density at radius 2 is 2.03 bits per heavy atom. The van der Waals surface area contributed by atoms with Crippen LogP contribution >= 0.6 is 15.9 Å². The van der Waals surface area contributed by atoms with Gasteiger partial charge < -0.3 is 15.0 Å². The average molecular weight is 504 g/mol. The van der Waals surface area contributed by atoms with Crippen LogP contribution in [0.2, 0.25) is 0 Å². The van der Waals surface area contributed by atoms with E-state index in [4.69, 9.17) is 4.74 Å². The number of carbonyl (C=O) groups is 2. The quantitative estimate of drug-likeness (QED) is 0.311. The number of aromatic nitrogens is 3. The summed E-state index contributed by atoms with van der Waals surface area (Å²) in [5.74, 6) is 1.89. The topological polar surface area (TPSA) is 101 Å². The van der Waals surface area contributed by atoms with Gasteiger partial charge in [-0.1, -0.05) is 19.8 Å². The maximum absolute atomic E-state index is 13.0. The van der Waals surface area contributed by atoms with E-state index in [0.29, 0.717) is 18.6 Å². The highest BCUT2D eigenvalue weighted by Gasteiger charge is 2.23. The number of Topliss-reactive ketones (excluding diaryl/α,β-unsaturated/α-hetero) is 1. The van der Waals surface area contributed by atoms with Crippen molar-refractivity contribution in [3.8, 4) is 5.75 Å². The summed E-state index contributed by atoms with van der Waals surface area (Å²) >= 11 is 3.43. The van der Waals surface area contributed by atoms with Crippen LogP contribution in [0.1, 0.15) is 68.6 Å². The number of nitrogens with one attached hydrogen (secondary N) is 4. The molecule has 2 heterocycles. The van der Waals surface area contributed by atoms with Gasteiger partial charge in [-0.25, -0.2) is 9.97 Å². The molecule has 0 radical (unpaired) electrons. The Morgan fingerprint density at radius 3 is 2.72 bits per heavy atom. The molecule has 2 aromatic heterocycles. The summed E-state index contributed by atoms with van der Waals surface area (Å²) < 4.78 is 6.19. The minimum atomic E-state index is -0.157. The number of aryl methyl sites for hydroxylation is 1. The van der Waals surface area contributed by atoms with Crippen molar-refractivity contribution < 1.29 is 19.3 Å². The Kier molecular flexibility index (Phi) is 8.50. The molecule has 0 unspecified atom stereocenters. The molecule has 3 rings (SSSR count). The number of fused-ring (bicyclic) bond motifs is 1. The van der Waals surface area contributed by atoms with Crippen LogP contribution in [-0.4, -0.2) is 28.8 Å². The number of hydrogen-bond acceptors (Lipinski definition) is 3. The Labute approximate surface area is 196 Å². The van der Waals surface area contributed by atoms with Crippen molar-refractivity contribution in [2.75, 3.05) is 7.11 Å². The summed E-state index contributed by atoms with van der Waals surface area (Å²) in [4.78, 5) is 34.3.